The molecule has 1 N–H and O–H groups in total. The van der Waals surface area contributed by atoms with Crippen LogP contribution >= 0.6 is 11.8 Å². The maximum Gasteiger partial charge on any atom is 0.290 e. The second-order valence-corrected chi connectivity index (χ2v) is 7.87. The molecule has 0 saturated carbocycles. The van der Waals surface area contributed by atoms with Crippen molar-refractivity contribution in [2.45, 2.75) is 13.8 Å². The minimum Gasteiger partial charge on any atom is -0.378 e. The third-order valence-electron chi connectivity index (χ3n) is 4.96. The van der Waals surface area contributed by atoms with Crippen LogP contribution in [0.1, 0.15) is 19.5 Å². The molecule has 0 unspecified atom stereocenters. The largest absolute Gasteiger partial charge is 0.378 e. The summed E-state index contributed by atoms with van der Waals surface area (Å²) < 4.78 is 5.45. The molecule has 2 saturated heterocycles. The lowest BCUT2D eigenvalue weighted by molar-refractivity contribution is -0.115. The highest BCUT2D eigenvalue weighted by Gasteiger charge is 2.26. The van der Waals surface area contributed by atoms with Crippen LogP contribution in [0.15, 0.2) is 11.0 Å². The molecule has 3 heterocycles. The van der Waals surface area contributed by atoms with Gasteiger partial charge in [0.2, 0.25) is 5.95 Å². The van der Waals surface area contributed by atoms with Crippen molar-refractivity contribution in [1.29, 1.82) is 0 Å². The zero-order valence-corrected chi connectivity index (χ0v) is 18.0. The van der Waals surface area contributed by atoms with Crippen molar-refractivity contribution in [2.24, 2.45) is 0 Å². The predicted octanol–water partition coefficient (Wildman–Crippen LogP) is 1.42. The number of rotatable bonds is 8. The van der Waals surface area contributed by atoms with Gasteiger partial charge in [0.15, 0.2) is 0 Å². The number of ether oxygens (including phenoxy) is 1. The summed E-state index contributed by atoms with van der Waals surface area (Å²) in [6.45, 7) is 10.8. The Morgan fingerprint density at radius 3 is 2.55 bits per heavy atom. The molecule has 0 aliphatic carbocycles. The lowest BCUT2D eigenvalue weighted by Gasteiger charge is -2.29. The van der Waals surface area contributed by atoms with Crippen molar-refractivity contribution in [3.05, 3.63) is 16.7 Å². The second kappa shape index (κ2) is 10.0. The van der Waals surface area contributed by atoms with Gasteiger partial charge in [0.25, 0.3) is 11.1 Å². The third kappa shape index (κ3) is 5.68. The van der Waals surface area contributed by atoms with Gasteiger partial charge >= 0.3 is 0 Å². The molecule has 10 heteroatoms. The zero-order chi connectivity index (χ0) is 20.8. The molecular formula is C19H28N6O3S. The Labute approximate surface area is 175 Å². The van der Waals surface area contributed by atoms with E-state index in [1.807, 2.05) is 18.0 Å². The molecule has 1 aromatic heterocycles. The zero-order valence-electron chi connectivity index (χ0n) is 17.2. The van der Waals surface area contributed by atoms with Crippen molar-refractivity contribution >= 4 is 40.8 Å². The van der Waals surface area contributed by atoms with Gasteiger partial charge in [-0.2, -0.15) is 4.98 Å². The number of nitrogens with zero attached hydrogens (tertiary/aromatic N) is 5. The van der Waals surface area contributed by atoms with Crippen LogP contribution in [-0.2, 0) is 9.53 Å². The van der Waals surface area contributed by atoms with Crippen LogP contribution < -0.4 is 15.1 Å². The van der Waals surface area contributed by atoms with Gasteiger partial charge in [0.1, 0.15) is 5.82 Å². The fraction of sp³-hybridized carbons (Fsp3) is 0.579. The summed E-state index contributed by atoms with van der Waals surface area (Å²) in [5.74, 6) is 1.01. The average molecular weight is 421 g/mol. The Balaban J connectivity index is 1.87. The molecule has 2 fully saturated rings. The molecule has 2 aliphatic heterocycles. The number of carbonyl (C=O) groups excluding carboxylic acids is 2. The van der Waals surface area contributed by atoms with Crippen molar-refractivity contribution < 1.29 is 14.3 Å². The van der Waals surface area contributed by atoms with Gasteiger partial charge in [-0.15, -0.1) is 0 Å². The van der Waals surface area contributed by atoms with Crippen LogP contribution in [0.4, 0.5) is 16.6 Å². The maximum atomic E-state index is 11.9. The number of likely N-dealkylation sites (N-methyl/N-ethyl adjacent to an activating group) is 2. The van der Waals surface area contributed by atoms with Crippen molar-refractivity contribution in [1.82, 2.24) is 20.2 Å². The fourth-order valence-electron chi connectivity index (χ4n) is 3.13. The van der Waals surface area contributed by atoms with Crippen LogP contribution in [0, 0.1) is 0 Å². The standard InChI is InChI=1S/C19H28N6O3S/c1-4-24(5-2)7-6-23(3)18-20-14(12-15-17(26)22-19(27)29-15)13-16(21-18)25-8-10-28-11-9-25/h12-13H,4-11H2,1-3H3,(H,22,26,27)/b15-12-. The minimum atomic E-state index is -0.386. The Bertz CT molecular complexity index is 777. The summed E-state index contributed by atoms with van der Waals surface area (Å²) in [4.78, 5) is 39.7. The highest BCUT2D eigenvalue weighted by molar-refractivity contribution is 8.18. The molecule has 158 valence electrons. The lowest BCUT2D eigenvalue weighted by atomic mass is 10.3. The highest BCUT2D eigenvalue weighted by atomic mass is 32.2. The van der Waals surface area contributed by atoms with Crippen molar-refractivity contribution in [3.8, 4) is 0 Å². The number of thioether (sulfide) groups is 1. The summed E-state index contributed by atoms with van der Waals surface area (Å²) in [5, 5.41) is 1.92. The number of morpholine rings is 1. The number of hydrogen-bond donors (Lipinski definition) is 1. The quantitative estimate of drug-likeness (QED) is 0.627. The van der Waals surface area contributed by atoms with Crippen LogP contribution in [0.25, 0.3) is 6.08 Å². The average Bonchev–Trinajstić information content (AvgIpc) is 3.05. The summed E-state index contributed by atoms with van der Waals surface area (Å²) in [6, 6.07) is 1.86. The Morgan fingerprint density at radius 1 is 1.21 bits per heavy atom. The van der Waals surface area contributed by atoms with E-state index in [4.69, 9.17) is 9.72 Å². The van der Waals surface area contributed by atoms with Gasteiger partial charge in [-0.3, -0.25) is 14.9 Å². The summed E-state index contributed by atoms with van der Waals surface area (Å²) in [5.41, 5.74) is 0.610. The second-order valence-electron chi connectivity index (χ2n) is 6.85. The van der Waals surface area contributed by atoms with Crippen LogP contribution in [0.3, 0.4) is 0 Å². The van der Waals surface area contributed by atoms with Crippen LogP contribution in [0.5, 0.6) is 0 Å². The van der Waals surface area contributed by atoms with E-state index in [0.717, 1.165) is 56.8 Å². The number of anilines is 2. The van der Waals surface area contributed by atoms with Gasteiger partial charge in [-0.05, 0) is 30.9 Å². The van der Waals surface area contributed by atoms with Crippen LogP contribution in [0.2, 0.25) is 0 Å². The van der Waals surface area contributed by atoms with E-state index in [9.17, 15) is 9.59 Å². The number of aromatic nitrogens is 2. The van der Waals surface area contributed by atoms with E-state index in [1.165, 1.54) is 0 Å². The molecule has 0 radical (unpaired) electrons. The molecule has 9 nitrogen and oxygen atoms in total. The monoisotopic (exact) mass is 420 g/mol. The van der Waals surface area contributed by atoms with Crippen molar-refractivity contribution in [3.63, 3.8) is 0 Å². The Hall–Kier alpha value is -2.17. The molecule has 0 bridgehead atoms. The van der Waals surface area contributed by atoms with E-state index in [2.05, 4.69) is 33.9 Å². The first-order valence-electron chi connectivity index (χ1n) is 9.90. The summed E-state index contributed by atoms with van der Waals surface area (Å²) >= 11 is 0.892. The van der Waals surface area contributed by atoms with Gasteiger partial charge in [0, 0.05) is 39.3 Å². The van der Waals surface area contributed by atoms with Gasteiger partial charge in [-0.1, -0.05) is 13.8 Å². The van der Waals surface area contributed by atoms with E-state index in [0.29, 0.717) is 29.8 Å². The molecule has 0 spiro atoms. The predicted molar refractivity (Wildman–Crippen MR) is 115 cm³/mol. The molecule has 0 aromatic carbocycles. The summed E-state index contributed by atoms with van der Waals surface area (Å²) in [7, 11) is 1.97. The Morgan fingerprint density at radius 2 is 1.93 bits per heavy atom. The molecule has 29 heavy (non-hydrogen) atoms. The minimum absolute atomic E-state index is 0.346. The van der Waals surface area contributed by atoms with Crippen molar-refractivity contribution in [2.75, 3.05) is 69.3 Å². The summed E-state index contributed by atoms with van der Waals surface area (Å²) in [6.07, 6.45) is 1.65. The van der Waals surface area contributed by atoms with Crippen LogP contribution in [-0.4, -0.2) is 85.5 Å². The van der Waals surface area contributed by atoms with E-state index in [-0.39, 0.29) is 11.1 Å². The number of imide groups is 1. The molecule has 0 atom stereocenters. The third-order valence-corrected chi connectivity index (χ3v) is 5.77. The number of carbonyl (C=O) groups is 2. The number of hydrogen-bond acceptors (Lipinski definition) is 9. The molecule has 3 rings (SSSR count). The van der Waals surface area contributed by atoms with E-state index >= 15 is 0 Å². The molecular weight excluding hydrogens is 392 g/mol. The molecule has 2 aliphatic rings. The fourth-order valence-corrected chi connectivity index (χ4v) is 3.79. The topological polar surface area (TPSA) is 90.9 Å². The molecule has 1 aromatic rings. The van der Waals surface area contributed by atoms with E-state index < -0.39 is 0 Å². The lowest BCUT2D eigenvalue weighted by Crippen LogP contribution is -2.37. The van der Waals surface area contributed by atoms with Gasteiger partial charge in [0.05, 0.1) is 23.8 Å². The maximum absolute atomic E-state index is 11.9. The van der Waals surface area contributed by atoms with E-state index in [1.54, 1.807) is 6.08 Å². The first-order chi connectivity index (χ1) is 14.0. The number of nitrogens with one attached hydrogen (secondary N) is 1. The molecule has 2 amide bonds. The number of amides is 2. The first kappa shape index (κ1) is 21.5. The smallest absolute Gasteiger partial charge is 0.290 e. The van der Waals surface area contributed by atoms with Gasteiger partial charge < -0.3 is 19.4 Å². The SMILES string of the molecule is CCN(CC)CCN(C)c1nc(/C=C2\SC(=O)NC2=O)cc(N2CCOCC2)n1. The van der Waals surface area contributed by atoms with Gasteiger partial charge in [-0.25, -0.2) is 4.98 Å². The first-order valence-corrected chi connectivity index (χ1v) is 10.7. The Kier molecular flexibility index (Phi) is 7.45. The highest BCUT2D eigenvalue weighted by Crippen LogP contribution is 2.27. The normalized spacial score (nSPS) is 18.6.